The fraction of sp³-hybridized carbons (Fsp3) is 0. The number of hydrogen-bond acceptors (Lipinski definition) is 4. The Hall–Kier alpha value is -5.62. The van der Waals surface area contributed by atoms with Crippen LogP contribution < -0.4 is 18.6 Å². The average molecular weight is 527 g/mol. The van der Waals surface area contributed by atoms with Crippen LogP contribution in [0, 0.1) is 0 Å². The van der Waals surface area contributed by atoms with E-state index in [0.717, 1.165) is 22.5 Å². The van der Waals surface area contributed by atoms with Crippen molar-refractivity contribution in [2.24, 2.45) is 0 Å². The lowest BCUT2D eigenvalue weighted by Gasteiger charge is -2.07. The van der Waals surface area contributed by atoms with Gasteiger partial charge >= 0.3 is 0 Å². The zero-order valence-electron chi connectivity index (χ0n) is 21.5. The first-order chi connectivity index (χ1) is 19.6. The van der Waals surface area contributed by atoms with Crippen molar-refractivity contribution < 1.29 is 28.8 Å². The number of nitrogens with zero attached hydrogens (tertiary/aromatic N) is 2. The summed E-state index contributed by atoms with van der Waals surface area (Å²) in [5.74, 6) is 2.36. The molecule has 6 heteroatoms. The van der Waals surface area contributed by atoms with Crippen LogP contribution in [-0.4, -0.2) is 10.2 Å². The van der Waals surface area contributed by atoms with Crippen molar-refractivity contribution >= 4 is 0 Å². The van der Waals surface area contributed by atoms with E-state index < -0.39 is 0 Å². The van der Waals surface area contributed by atoms with Crippen LogP contribution in [0.2, 0.25) is 0 Å². The molecule has 2 N–H and O–H groups in total. The van der Waals surface area contributed by atoms with E-state index in [4.69, 9.17) is 9.47 Å². The van der Waals surface area contributed by atoms with Gasteiger partial charge in [-0.25, -0.2) is 0 Å². The summed E-state index contributed by atoms with van der Waals surface area (Å²) < 4.78 is 15.6. The molecule has 40 heavy (non-hydrogen) atoms. The number of para-hydroxylation sites is 4. The van der Waals surface area contributed by atoms with Gasteiger partial charge in [-0.2, -0.15) is 9.13 Å². The number of aromatic nitrogens is 2. The number of benzene rings is 4. The molecule has 0 aliphatic carbocycles. The minimum atomic E-state index is 0.108. The van der Waals surface area contributed by atoms with Crippen molar-refractivity contribution in [3.63, 3.8) is 0 Å². The molecule has 0 saturated carbocycles. The van der Waals surface area contributed by atoms with Crippen LogP contribution in [0.1, 0.15) is 0 Å². The zero-order chi connectivity index (χ0) is 27.3. The molecule has 2 aromatic heterocycles. The number of hydrogen-bond donors (Lipinski definition) is 2. The van der Waals surface area contributed by atoms with Crippen molar-refractivity contribution in [1.29, 1.82) is 0 Å². The maximum absolute atomic E-state index is 9.92. The Morgan fingerprint density at radius 1 is 0.400 bits per heavy atom. The molecule has 0 spiro atoms. The van der Waals surface area contributed by atoms with Gasteiger partial charge in [0.1, 0.15) is 11.5 Å². The third-order valence-electron chi connectivity index (χ3n) is 6.45. The minimum Gasteiger partial charge on any atom is -0.504 e. The molecule has 6 nitrogen and oxygen atoms in total. The lowest BCUT2D eigenvalue weighted by Crippen LogP contribution is -2.29. The molecule has 194 valence electrons. The summed E-state index contributed by atoms with van der Waals surface area (Å²) in [6.07, 6.45) is 8.11. The molecule has 6 rings (SSSR count). The highest BCUT2D eigenvalue weighted by Gasteiger charge is 2.11. The second kappa shape index (κ2) is 11.0. The molecule has 0 fully saturated rings. The van der Waals surface area contributed by atoms with E-state index in [9.17, 15) is 10.2 Å². The van der Waals surface area contributed by atoms with E-state index in [1.165, 1.54) is 0 Å². The van der Waals surface area contributed by atoms with Crippen LogP contribution in [0.25, 0.3) is 22.5 Å². The molecule has 6 aromatic rings. The fourth-order valence-electron chi connectivity index (χ4n) is 4.30. The molecule has 0 aliphatic rings. The maximum Gasteiger partial charge on any atom is 0.210 e. The quantitative estimate of drug-likeness (QED) is 0.222. The van der Waals surface area contributed by atoms with E-state index in [0.29, 0.717) is 23.0 Å². The molecule has 2 heterocycles. The molecule has 0 atom stereocenters. The first-order valence-corrected chi connectivity index (χ1v) is 12.8. The van der Waals surface area contributed by atoms with Gasteiger partial charge in [-0.15, -0.1) is 0 Å². The summed E-state index contributed by atoms with van der Waals surface area (Å²) in [5, 5.41) is 19.8. The first kappa shape index (κ1) is 24.7. The summed E-state index contributed by atoms with van der Waals surface area (Å²) in [7, 11) is 0. The van der Waals surface area contributed by atoms with Gasteiger partial charge in [0.25, 0.3) is 0 Å². The number of phenols is 2. The van der Waals surface area contributed by atoms with Crippen molar-refractivity contribution in [2.75, 3.05) is 0 Å². The highest BCUT2D eigenvalue weighted by molar-refractivity contribution is 5.61. The Morgan fingerprint density at radius 2 is 0.750 bits per heavy atom. The third kappa shape index (κ3) is 5.47. The smallest absolute Gasteiger partial charge is 0.210 e. The Bertz CT molecular complexity index is 1600. The Kier molecular flexibility index (Phi) is 6.80. The molecule has 0 radical (unpaired) electrons. The normalized spacial score (nSPS) is 10.7. The number of phenolic OH excluding ortho intramolecular Hbond substituents is 2. The second-order valence-corrected chi connectivity index (χ2v) is 9.12. The van der Waals surface area contributed by atoms with Crippen LogP contribution in [0.15, 0.2) is 146 Å². The molecule has 0 amide bonds. The van der Waals surface area contributed by atoms with Crippen molar-refractivity contribution in [3.8, 4) is 57.0 Å². The SMILES string of the molecule is Oc1ccccc1Oc1ccc(-[n+]2ccc(-c3cc[n+](-c4ccc(Oc5ccccc5O)cc4)cc3)cc2)cc1. The first-order valence-electron chi connectivity index (χ1n) is 12.8. The number of ether oxygens (including phenoxy) is 2. The summed E-state index contributed by atoms with van der Waals surface area (Å²) in [6.45, 7) is 0. The summed E-state index contributed by atoms with van der Waals surface area (Å²) >= 11 is 0. The summed E-state index contributed by atoms with van der Waals surface area (Å²) in [6, 6.07) is 37.5. The molecule has 0 saturated heterocycles. The van der Waals surface area contributed by atoms with Gasteiger partial charge in [0.15, 0.2) is 47.8 Å². The van der Waals surface area contributed by atoms with Crippen molar-refractivity contribution in [1.82, 2.24) is 0 Å². The van der Waals surface area contributed by atoms with Gasteiger partial charge in [0, 0.05) is 48.5 Å². The van der Waals surface area contributed by atoms with Gasteiger partial charge in [-0.3, -0.25) is 0 Å². The van der Waals surface area contributed by atoms with E-state index in [-0.39, 0.29) is 11.5 Å². The van der Waals surface area contributed by atoms with Gasteiger partial charge in [0.05, 0.1) is 0 Å². The topological polar surface area (TPSA) is 66.7 Å². The molecular formula is C34H26N2O4+2. The predicted molar refractivity (Wildman–Crippen MR) is 151 cm³/mol. The van der Waals surface area contributed by atoms with Crippen LogP contribution in [0.4, 0.5) is 0 Å². The highest BCUT2D eigenvalue weighted by atomic mass is 16.5. The number of aromatic hydroxyl groups is 2. The third-order valence-corrected chi connectivity index (χ3v) is 6.45. The van der Waals surface area contributed by atoms with E-state index >= 15 is 0 Å². The molecule has 0 bridgehead atoms. The average Bonchev–Trinajstić information content (AvgIpc) is 3.01. The van der Waals surface area contributed by atoms with E-state index in [1.54, 1.807) is 36.4 Å². The van der Waals surface area contributed by atoms with E-state index in [2.05, 4.69) is 24.3 Å². The zero-order valence-corrected chi connectivity index (χ0v) is 21.5. The standard InChI is InChI=1S/C34H24N2O4/c37-31-5-1-3-7-33(31)39-29-13-9-27(10-14-29)35-21-17-25(18-22-35)26-19-23-36(24-20-26)28-11-15-30(16-12-28)40-34-8-4-2-6-32(34)38/h1-24H/p+2. The lowest BCUT2D eigenvalue weighted by atomic mass is 10.1. The Morgan fingerprint density at radius 3 is 1.10 bits per heavy atom. The minimum absolute atomic E-state index is 0.108. The van der Waals surface area contributed by atoms with Crippen molar-refractivity contribution in [3.05, 3.63) is 146 Å². The van der Waals surface area contributed by atoms with E-state index in [1.807, 2.05) is 94.6 Å². The predicted octanol–water partition coefficient (Wildman–Crippen LogP) is 6.90. The summed E-state index contributed by atoms with van der Waals surface area (Å²) in [4.78, 5) is 0. The molecule has 0 unspecified atom stereocenters. The van der Waals surface area contributed by atoms with Crippen LogP contribution in [-0.2, 0) is 0 Å². The maximum atomic E-state index is 9.92. The molecular weight excluding hydrogens is 500 g/mol. The van der Waals surface area contributed by atoms with Crippen LogP contribution in [0.5, 0.6) is 34.5 Å². The highest BCUT2D eigenvalue weighted by Crippen LogP contribution is 2.31. The van der Waals surface area contributed by atoms with Crippen molar-refractivity contribution in [2.45, 2.75) is 0 Å². The summed E-state index contributed by atoms with van der Waals surface area (Å²) in [5.41, 5.74) is 4.21. The van der Waals surface area contributed by atoms with Crippen LogP contribution >= 0.6 is 0 Å². The van der Waals surface area contributed by atoms with Gasteiger partial charge in [-0.05, 0) is 59.7 Å². The monoisotopic (exact) mass is 526 g/mol. The fourth-order valence-corrected chi connectivity index (χ4v) is 4.30. The molecule has 0 aliphatic heterocycles. The van der Waals surface area contributed by atoms with Crippen LogP contribution in [0.3, 0.4) is 0 Å². The number of rotatable bonds is 7. The van der Waals surface area contributed by atoms with Gasteiger partial charge in [-0.1, -0.05) is 24.3 Å². The largest absolute Gasteiger partial charge is 0.504 e. The lowest BCUT2D eigenvalue weighted by molar-refractivity contribution is -0.596. The van der Waals surface area contributed by atoms with Gasteiger partial charge in [0.2, 0.25) is 11.4 Å². The molecule has 4 aromatic carbocycles. The Labute approximate surface area is 231 Å². The number of pyridine rings is 2. The van der Waals surface area contributed by atoms with Gasteiger partial charge < -0.3 is 19.7 Å². The Balaban J connectivity index is 1.11. The second-order valence-electron chi connectivity index (χ2n) is 9.12.